The molecular formula is C16H27NO4. The minimum Gasteiger partial charge on any atom is -0.480 e. The molecule has 0 bridgehead atoms. The summed E-state index contributed by atoms with van der Waals surface area (Å²) in [6, 6.07) is -0.729. The van der Waals surface area contributed by atoms with Crippen molar-refractivity contribution in [2.75, 3.05) is 6.54 Å². The molecule has 1 aliphatic heterocycles. The minimum atomic E-state index is -0.902. The number of carbonyl (C=O) groups excluding carboxylic acids is 1. The van der Waals surface area contributed by atoms with Gasteiger partial charge in [-0.2, -0.15) is 0 Å². The summed E-state index contributed by atoms with van der Waals surface area (Å²) in [6.45, 7) is 5.88. The molecule has 2 fully saturated rings. The first-order chi connectivity index (χ1) is 9.78. The first-order valence-corrected chi connectivity index (χ1v) is 8.00. The van der Waals surface area contributed by atoms with Gasteiger partial charge < -0.3 is 9.84 Å². The van der Waals surface area contributed by atoms with Gasteiger partial charge in [0.1, 0.15) is 11.6 Å². The van der Waals surface area contributed by atoms with Gasteiger partial charge in [0.2, 0.25) is 0 Å². The smallest absolute Gasteiger partial charge is 0.411 e. The van der Waals surface area contributed by atoms with Gasteiger partial charge >= 0.3 is 12.1 Å². The summed E-state index contributed by atoms with van der Waals surface area (Å²) in [5.74, 6) is -0.0536. The van der Waals surface area contributed by atoms with E-state index in [1.165, 1.54) is 17.7 Å². The Bertz CT molecular complexity index is 398. The molecule has 1 saturated heterocycles. The van der Waals surface area contributed by atoms with E-state index in [0.29, 0.717) is 6.54 Å². The standard InChI is InChI=1S/C16H27NO4/c1-16(2,3)21-15(20)17-10-4-5-12(13(17)14(18)19)9-8-11-6-7-11/h11-13H,4-10H2,1-3H3,(H,18,19)/t12-,13-/m0/s1. The van der Waals surface area contributed by atoms with Crippen molar-refractivity contribution in [3.05, 3.63) is 0 Å². The van der Waals surface area contributed by atoms with Crippen LogP contribution in [0.15, 0.2) is 0 Å². The van der Waals surface area contributed by atoms with E-state index in [1.807, 2.05) is 0 Å². The maximum Gasteiger partial charge on any atom is 0.411 e. The van der Waals surface area contributed by atoms with E-state index in [9.17, 15) is 14.7 Å². The fourth-order valence-corrected chi connectivity index (χ4v) is 3.09. The third kappa shape index (κ3) is 4.61. The van der Waals surface area contributed by atoms with Crippen LogP contribution in [-0.2, 0) is 9.53 Å². The Labute approximate surface area is 126 Å². The zero-order chi connectivity index (χ0) is 15.6. The molecule has 1 N–H and O–H groups in total. The molecule has 0 spiro atoms. The van der Waals surface area contributed by atoms with Crippen LogP contribution in [0.4, 0.5) is 4.79 Å². The van der Waals surface area contributed by atoms with Crippen molar-refractivity contribution in [2.24, 2.45) is 11.8 Å². The largest absolute Gasteiger partial charge is 0.480 e. The van der Waals surface area contributed by atoms with Crippen molar-refractivity contribution in [2.45, 2.75) is 70.9 Å². The first-order valence-electron chi connectivity index (χ1n) is 8.00. The van der Waals surface area contributed by atoms with Crippen LogP contribution in [-0.4, -0.2) is 40.3 Å². The molecule has 2 rings (SSSR count). The van der Waals surface area contributed by atoms with Crippen LogP contribution < -0.4 is 0 Å². The zero-order valence-corrected chi connectivity index (χ0v) is 13.3. The highest BCUT2D eigenvalue weighted by Crippen LogP contribution is 2.37. The lowest BCUT2D eigenvalue weighted by atomic mass is 9.85. The molecule has 1 saturated carbocycles. The lowest BCUT2D eigenvalue weighted by Gasteiger charge is -2.39. The fourth-order valence-electron chi connectivity index (χ4n) is 3.09. The molecule has 5 nitrogen and oxygen atoms in total. The SMILES string of the molecule is CC(C)(C)OC(=O)N1CCC[C@@H](CCC2CC2)[C@H]1C(=O)O. The molecule has 2 atom stereocenters. The predicted octanol–water partition coefficient (Wildman–Crippen LogP) is 3.28. The Balaban J connectivity index is 2.03. The first kappa shape index (κ1) is 16.1. The predicted molar refractivity (Wildman–Crippen MR) is 79.0 cm³/mol. The molecule has 0 aromatic rings. The highest BCUT2D eigenvalue weighted by molar-refractivity contribution is 5.80. The average Bonchev–Trinajstić information content (AvgIpc) is 3.17. The molecule has 1 aliphatic carbocycles. The minimum absolute atomic E-state index is 0.0596. The Morgan fingerprint density at radius 1 is 1.19 bits per heavy atom. The van der Waals surface area contributed by atoms with Gasteiger partial charge in [0.05, 0.1) is 0 Å². The number of hydrogen-bond acceptors (Lipinski definition) is 3. The van der Waals surface area contributed by atoms with Crippen LogP contribution in [0.5, 0.6) is 0 Å². The number of piperidine rings is 1. The maximum absolute atomic E-state index is 12.3. The zero-order valence-electron chi connectivity index (χ0n) is 13.3. The highest BCUT2D eigenvalue weighted by Gasteiger charge is 2.41. The Hall–Kier alpha value is -1.26. The number of carbonyl (C=O) groups is 2. The van der Waals surface area contributed by atoms with Crippen molar-refractivity contribution >= 4 is 12.1 Å². The molecule has 0 radical (unpaired) electrons. The van der Waals surface area contributed by atoms with E-state index in [-0.39, 0.29) is 5.92 Å². The highest BCUT2D eigenvalue weighted by atomic mass is 16.6. The summed E-state index contributed by atoms with van der Waals surface area (Å²) >= 11 is 0. The van der Waals surface area contributed by atoms with Crippen LogP contribution >= 0.6 is 0 Å². The Morgan fingerprint density at radius 3 is 2.38 bits per heavy atom. The number of carboxylic acid groups (broad SMARTS) is 1. The summed E-state index contributed by atoms with van der Waals surface area (Å²) in [5.41, 5.74) is -0.596. The van der Waals surface area contributed by atoms with Crippen LogP contribution in [0.3, 0.4) is 0 Å². The summed E-state index contributed by atoms with van der Waals surface area (Å²) in [7, 11) is 0. The second-order valence-corrected chi connectivity index (χ2v) is 7.38. The lowest BCUT2D eigenvalue weighted by Crippen LogP contribution is -2.53. The third-order valence-electron chi connectivity index (χ3n) is 4.28. The molecule has 5 heteroatoms. The van der Waals surface area contributed by atoms with Gasteiger partial charge in [0.25, 0.3) is 0 Å². The molecule has 120 valence electrons. The average molecular weight is 297 g/mol. The topological polar surface area (TPSA) is 66.8 Å². The molecule has 1 heterocycles. The van der Waals surface area contributed by atoms with Crippen molar-refractivity contribution in [1.82, 2.24) is 4.90 Å². The van der Waals surface area contributed by atoms with E-state index >= 15 is 0 Å². The van der Waals surface area contributed by atoms with Gasteiger partial charge in [-0.05, 0) is 51.9 Å². The van der Waals surface area contributed by atoms with E-state index in [0.717, 1.165) is 31.6 Å². The monoisotopic (exact) mass is 297 g/mol. The number of ether oxygens (including phenoxy) is 1. The molecule has 0 unspecified atom stereocenters. The lowest BCUT2D eigenvalue weighted by molar-refractivity contribution is -0.147. The molecule has 1 amide bonds. The number of hydrogen-bond donors (Lipinski definition) is 1. The summed E-state index contributed by atoms with van der Waals surface area (Å²) in [4.78, 5) is 25.3. The van der Waals surface area contributed by atoms with Gasteiger partial charge in [-0.25, -0.2) is 9.59 Å². The second kappa shape index (κ2) is 6.24. The van der Waals surface area contributed by atoms with E-state index < -0.39 is 23.7 Å². The quantitative estimate of drug-likeness (QED) is 0.864. The molecule has 0 aromatic carbocycles. The molecule has 21 heavy (non-hydrogen) atoms. The van der Waals surface area contributed by atoms with Crippen molar-refractivity contribution in [3.8, 4) is 0 Å². The Morgan fingerprint density at radius 2 is 1.86 bits per heavy atom. The second-order valence-electron chi connectivity index (χ2n) is 7.38. The number of carboxylic acids is 1. The Kier molecular flexibility index (Phi) is 4.79. The van der Waals surface area contributed by atoms with Crippen LogP contribution in [0.1, 0.15) is 59.3 Å². The van der Waals surface area contributed by atoms with Crippen LogP contribution in [0.2, 0.25) is 0 Å². The van der Waals surface area contributed by atoms with E-state index in [1.54, 1.807) is 20.8 Å². The number of aliphatic carboxylic acids is 1. The van der Waals surface area contributed by atoms with Crippen molar-refractivity contribution in [3.63, 3.8) is 0 Å². The summed E-state index contributed by atoms with van der Waals surface area (Å²) < 4.78 is 5.37. The molecule has 0 aromatic heterocycles. The number of amides is 1. The number of likely N-dealkylation sites (tertiary alicyclic amines) is 1. The summed E-state index contributed by atoms with van der Waals surface area (Å²) in [5, 5.41) is 9.56. The number of nitrogens with zero attached hydrogens (tertiary/aromatic N) is 1. The van der Waals surface area contributed by atoms with Crippen molar-refractivity contribution in [1.29, 1.82) is 0 Å². The van der Waals surface area contributed by atoms with Crippen LogP contribution in [0, 0.1) is 11.8 Å². The van der Waals surface area contributed by atoms with E-state index in [4.69, 9.17) is 4.74 Å². The third-order valence-corrected chi connectivity index (χ3v) is 4.28. The van der Waals surface area contributed by atoms with Gasteiger partial charge in [-0.1, -0.05) is 19.3 Å². The van der Waals surface area contributed by atoms with Gasteiger partial charge in [-0.3, -0.25) is 4.90 Å². The van der Waals surface area contributed by atoms with Crippen LogP contribution in [0.25, 0.3) is 0 Å². The van der Waals surface area contributed by atoms with Gasteiger partial charge in [-0.15, -0.1) is 0 Å². The molecular weight excluding hydrogens is 270 g/mol. The van der Waals surface area contributed by atoms with Crippen molar-refractivity contribution < 1.29 is 19.4 Å². The molecule has 2 aliphatic rings. The van der Waals surface area contributed by atoms with Gasteiger partial charge in [0, 0.05) is 6.54 Å². The normalized spacial score (nSPS) is 26.5. The van der Waals surface area contributed by atoms with E-state index in [2.05, 4.69) is 0 Å². The fraction of sp³-hybridized carbons (Fsp3) is 0.875. The van der Waals surface area contributed by atoms with Gasteiger partial charge in [0.15, 0.2) is 0 Å². The summed E-state index contributed by atoms with van der Waals surface area (Å²) in [6.07, 6.45) is 5.81. The maximum atomic E-state index is 12.3. The number of rotatable bonds is 4.